The number of hydrogen-bond acceptors (Lipinski definition) is 4. The fourth-order valence-corrected chi connectivity index (χ4v) is 2.53. The van der Waals surface area contributed by atoms with Gasteiger partial charge in [-0.25, -0.2) is 0 Å². The van der Waals surface area contributed by atoms with Crippen LogP contribution in [-0.2, 0) is 11.2 Å². The fourth-order valence-electron chi connectivity index (χ4n) is 2.53. The van der Waals surface area contributed by atoms with Crippen molar-refractivity contribution in [3.8, 4) is 5.75 Å². The lowest BCUT2D eigenvalue weighted by Gasteiger charge is -2.29. The van der Waals surface area contributed by atoms with Gasteiger partial charge in [0.2, 0.25) is 5.91 Å². The minimum absolute atomic E-state index is 0.00844. The molecule has 0 saturated heterocycles. The van der Waals surface area contributed by atoms with Crippen molar-refractivity contribution < 1.29 is 14.5 Å². The number of nitro benzene ring substituents is 1. The summed E-state index contributed by atoms with van der Waals surface area (Å²) in [4.78, 5) is 24.7. The molecule has 0 bridgehead atoms. The zero-order valence-corrected chi connectivity index (χ0v) is 11.8. The van der Waals surface area contributed by atoms with Gasteiger partial charge in [0.15, 0.2) is 0 Å². The molecule has 0 spiro atoms. The van der Waals surface area contributed by atoms with Crippen molar-refractivity contribution in [3.05, 3.63) is 64.2 Å². The van der Waals surface area contributed by atoms with Crippen LogP contribution in [0.15, 0.2) is 48.5 Å². The zero-order chi connectivity index (χ0) is 15.5. The van der Waals surface area contributed by atoms with E-state index in [0.717, 1.165) is 0 Å². The summed E-state index contributed by atoms with van der Waals surface area (Å²) in [6.45, 7) is 0.857. The predicted octanol–water partition coefficient (Wildman–Crippen LogP) is 2.56. The summed E-state index contributed by atoms with van der Waals surface area (Å²) in [5.74, 6) is 0.481. The number of hydrogen-bond donors (Lipinski definition) is 0. The lowest BCUT2D eigenvalue weighted by molar-refractivity contribution is -0.385. The van der Waals surface area contributed by atoms with Crippen molar-refractivity contribution in [1.29, 1.82) is 0 Å². The highest BCUT2D eigenvalue weighted by Gasteiger charge is 2.25. The molecule has 0 aromatic heterocycles. The second-order valence-corrected chi connectivity index (χ2v) is 4.92. The van der Waals surface area contributed by atoms with Gasteiger partial charge in [0.25, 0.3) is 5.69 Å². The van der Waals surface area contributed by atoms with Gasteiger partial charge in [-0.3, -0.25) is 14.9 Å². The van der Waals surface area contributed by atoms with E-state index in [4.69, 9.17) is 4.74 Å². The smallest absolute Gasteiger partial charge is 0.273 e. The molecule has 1 heterocycles. The summed E-state index contributed by atoms with van der Waals surface area (Å²) in [6.07, 6.45) is -0.00844. The van der Waals surface area contributed by atoms with Crippen molar-refractivity contribution in [2.24, 2.45) is 0 Å². The number of amides is 1. The molecule has 2 aromatic carbocycles. The maximum atomic E-state index is 12.6. The molecule has 0 atom stereocenters. The number of para-hydroxylation sites is 3. The normalized spacial score (nSPS) is 13.2. The third kappa shape index (κ3) is 2.63. The van der Waals surface area contributed by atoms with Gasteiger partial charge in [0, 0.05) is 11.6 Å². The number of ether oxygens (including phenoxy) is 1. The third-order valence-electron chi connectivity index (χ3n) is 3.56. The number of carbonyl (C=O) groups excluding carboxylic acids is 1. The van der Waals surface area contributed by atoms with Crippen LogP contribution in [-0.4, -0.2) is 24.0 Å². The Balaban J connectivity index is 1.86. The summed E-state index contributed by atoms with van der Waals surface area (Å²) in [6, 6.07) is 13.6. The lowest BCUT2D eigenvalue weighted by Crippen LogP contribution is -2.38. The van der Waals surface area contributed by atoms with E-state index in [-0.39, 0.29) is 18.0 Å². The first-order valence-corrected chi connectivity index (χ1v) is 6.91. The molecule has 0 unspecified atom stereocenters. The standard InChI is InChI=1S/C16H14N2O4/c19-16(11-12-5-1-2-6-13(12)18(20)21)17-9-10-22-15-8-4-3-7-14(15)17/h1-8H,9-11H2. The molecule has 1 aliphatic rings. The highest BCUT2D eigenvalue weighted by Crippen LogP contribution is 2.31. The Labute approximate surface area is 127 Å². The molecule has 3 rings (SSSR count). The Morgan fingerprint density at radius 3 is 2.73 bits per heavy atom. The van der Waals surface area contributed by atoms with Gasteiger partial charge in [-0.15, -0.1) is 0 Å². The number of nitrogens with zero attached hydrogens (tertiary/aromatic N) is 2. The zero-order valence-electron chi connectivity index (χ0n) is 11.8. The van der Waals surface area contributed by atoms with Crippen LogP contribution in [0.5, 0.6) is 5.75 Å². The summed E-state index contributed by atoms with van der Waals surface area (Å²) in [5, 5.41) is 11.0. The van der Waals surface area contributed by atoms with Crippen molar-refractivity contribution in [2.45, 2.75) is 6.42 Å². The molecule has 6 heteroatoms. The van der Waals surface area contributed by atoms with Crippen LogP contribution < -0.4 is 9.64 Å². The first kappa shape index (κ1) is 14.1. The number of anilines is 1. The molecular formula is C16H14N2O4. The van der Waals surface area contributed by atoms with Gasteiger partial charge in [-0.2, -0.15) is 0 Å². The number of fused-ring (bicyclic) bond motifs is 1. The lowest BCUT2D eigenvalue weighted by atomic mass is 10.1. The average Bonchev–Trinajstić information content (AvgIpc) is 2.54. The van der Waals surface area contributed by atoms with Crippen LogP contribution in [0.25, 0.3) is 0 Å². The Morgan fingerprint density at radius 1 is 1.18 bits per heavy atom. The van der Waals surface area contributed by atoms with Gasteiger partial charge in [-0.1, -0.05) is 30.3 Å². The van der Waals surface area contributed by atoms with Crippen LogP contribution in [0.2, 0.25) is 0 Å². The molecule has 6 nitrogen and oxygen atoms in total. The molecule has 0 N–H and O–H groups in total. The van der Waals surface area contributed by atoms with E-state index in [9.17, 15) is 14.9 Å². The molecule has 112 valence electrons. The molecule has 0 aliphatic carbocycles. The van der Waals surface area contributed by atoms with E-state index in [1.165, 1.54) is 6.07 Å². The highest BCUT2D eigenvalue weighted by atomic mass is 16.6. The average molecular weight is 298 g/mol. The Morgan fingerprint density at radius 2 is 1.91 bits per heavy atom. The quantitative estimate of drug-likeness (QED) is 0.645. The van der Waals surface area contributed by atoms with Gasteiger partial charge in [-0.05, 0) is 12.1 Å². The summed E-state index contributed by atoms with van der Waals surface area (Å²) in [7, 11) is 0. The van der Waals surface area contributed by atoms with Crippen LogP contribution in [0.4, 0.5) is 11.4 Å². The number of nitro groups is 1. The SMILES string of the molecule is O=C(Cc1ccccc1[N+](=O)[O-])N1CCOc2ccccc21. The van der Waals surface area contributed by atoms with Gasteiger partial charge in [0.05, 0.1) is 23.6 Å². The predicted molar refractivity (Wildman–Crippen MR) is 81.1 cm³/mol. The number of rotatable bonds is 3. The molecule has 1 amide bonds. The molecule has 1 aliphatic heterocycles. The molecular weight excluding hydrogens is 284 g/mol. The summed E-state index contributed by atoms with van der Waals surface area (Å²) < 4.78 is 5.51. The minimum Gasteiger partial charge on any atom is -0.490 e. The minimum atomic E-state index is -0.462. The summed E-state index contributed by atoms with van der Waals surface area (Å²) >= 11 is 0. The van der Waals surface area contributed by atoms with Crippen molar-refractivity contribution >= 4 is 17.3 Å². The Kier molecular flexibility index (Phi) is 3.74. The first-order valence-electron chi connectivity index (χ1n) is 6.91. The van der Waals surface area contributed by atoms with E-state index in [0.29, 0.717) is 30.2 Å². The monoisotopic (exact) mass is 298 g/mol. The number of benzene rings is 2. The van der Waals surface area contributed by atoms with E-state index >= 15 is 0 Å². The third-order valence-corrected chi connectivity index (χ3v) is 3.56. The summed E-state index contributed by atoms with van der Waals surface area (Å²) in [5.41, 5.74) is 1.09. The molecule has 22 heavy (non-hydrogen) atoms. The molecule has 0 radical (unpaired) electrons. The molecule has 2 aromatic rings. The van der Waals surface area contributed by atoms with Crippen molar-refractivity contribution in [1.82, 2.24) is 0 Å². The van der Waals surface area contributed by atoms with Crippen LogP contribution in [0.1, 0.15) is 5.56 Å². The fraction of sp³-hybridized carbons (Fsp3) is 0.188. The topological polar surface area (TPSA) is 72.7 Å². The van der Waals surface area contributed by atoms with E-state index < -0.39 is 4.92 Å². The number of carbonyl (C=O) groups is 1. The molecule has 0 fully saturated rings. The van der Waals surface area contributed by atoms with E-state index in [2.05, 4.69) is 0 Å². The van der Waals surface area contributed by atoms with Crippen LogP contribution >= 0.6 is 0 Å². The Bertz CT molecular complexity index is 730. The Hall–Kier alpha value is -2.89. The van der Waals surface area contributed by atoms with E-state index in [1.54, 1.807) is 29.2 Å². The van der Waals surface area contributed by atoms with Crippen molar-refractivity contribution in [3.63, 3.8) is 0 Å². The van der Waals surface area contributed by atoms with Gasteiger partial charge < -0.3 is 9.64 Å². The first-order chi connectivity index (χ1) is 10.7. The van der Waals surface area contributed by atoms with Gasteiger partial charge in [0.1, 0.15) is 12.4 Å². The van der Waals surface area contributed by atoms with E-state index in [1.807, 2.05) is 18.2 Å². The second-order valence-electron chi connectivity index (χ2n) is 4.92. The van der Waals surface area contributed by atoms with Crippen molar-refractivity contribution in [2.75, 3.05) is 18.1 Å². The largest absolute Gasteiger partial charge is 0.490 e. The highest BCUT2D eigenvalue weighted by molar-refractivity contribution is 5.97. The second kappa shape index (κ2) is 5.85. The maximum absolute atomic E-state index is 12.6. The maximum Gasteiger partial charge on any atom is 0.273 e. The van der Waals surface area contributed by atoms with Gasteiger partial charge >= 0.3 is 0 Å². The van der Waals surface area contributed by atoms with Crippen LogP contribution in [0, 0.1) is 10.1 Å². The van der Waals surface area contributed by atoms with Crippen LogP contribution in [0.3, 0.4) is 0 Å². The molecule has 0 saturated carbocycles.